The van der Waals surface area contributed by atoms with Gasteiger partial charge in [-0.3, -0.25) is 4.79 Å². The summed E-state index contributed by atoms with van der Waals surface area (Å²) in [5.74, 6) is 0.626. The summed E-state index contributed by atoms with van der Waals surface area (Å²) >= 11 is 0. The van der Waals surface area contributed by atoms with Gasteiger partial charge in [-0.1, -0.05) is 30.3 Å². The van der Waals surface area contributed by atoms with Crippen molar-refractivity contribution in [2.75, 3.05) is 11.9 Å². The van der Waals surface area contributed by atoms with E-state index in [2.05, 4.69) is 10.3 Å². The Morgan fingerprint density at radius 2 is 1.77 bits per heavy atom. The number of benzene rings is 2. The molecule has 0 fully saturated rings. The van der Waals surface area contributed by atoms with Crippen LogP contribution in [0.3, 0.4) is 0 Å². The Balaban J connectivity index is 1.49. The molecule has 0 aliphatic carbocycles. The number of fused-ring (bicyclic) bond motifs is 1. The molecule has 2 aromatic carbocycles. The molecule has 7 heteroatoms. The molecule has 0 radical (unpaired) electrons. The first-order valence-electron chi connectivity index (χ1n) is 10.1. The Kier molecular flexibility index (Phi) is 5.67. The van der Waals surface area contributed by atoms with Gasteiger partial charge in [0.15, 0.2) is 0 Å². The number of hydrogen-bond acceptors (Lipinski definition) is 3. The van der Waals surface area contributed by atoms with E-state index in [1.54, 1.807) is 11.1 Å². The third-order valence-electron chi connectivity index (χ3n) is 5.48. The SMILES string of the molecule is C[C@@H](Nc1ccccn1)C(=O)N1CCc2ccc(-c3ccc(C(F)(F)F)cc3)cc2C1. The van der Waals surface area contributed by atoms with Crippen molar-refractivity contribution in [3.8, 4) is 11.1 Å². The van der Waals surface area contributed by atoms with Crippen LogP contribution in [0.5, 0.6) is 0 Å². The van der Waals surface area contributed by atoms with Crippen LogP contribution >= 0.6 is 0 Å². The molecule has 0 spiro atoms. The van der Waals surface area contributed by atoms with Crippen LogP contribution in [0.1, 0.15) is 23.6 Å². The van der Waals surface area contributed by atoms with Crippen LogP contribution in [-0.4, -0.2) is 28.4 Å². The van der Waals surface area contributed by atoms with Gasteiger partial charge in [-0.2, -0.15) is 13.2 Å². The summed E-state index contributed by atoms with van der Waals surface area (Å²) in [7, 11) is 0. The Morgan fingerprint density at radius 1 is 1.03 bits per heavy atom. The molecule has 1 atom stereocenters. The number of anilines is 1. The van der Waals surface area contributed by atoms with Crippen LogP contribution in [0.25, 0.3) is 11.1 Å². The van der Waals surface area contributed by atoms with Crippen molar-refractivity contribution in [2.24, 2.45) is 0 Å². The third-order valence-corrected chi connectivity index (χ3v) is 5.48. The maximum absolute atomic E-state index is 12.9. The molecule has 0 unspecified atom stereocenters. The van der Waals surface area contributed by atoms with Crippen molar-refractivity contribution in [3.05, 3.63) is 83.6 Å². The molecule has 0 saturated carbocycles. The lowest BCUT2D eigenvalue weighted by molar-refractivity contribution is -0.137. The van der Waals surface area contributed by atoms with Crippen LogP contribution in [0.15, 0.2) is 66.9 Å². The molecule has 1 amide bonds. The molecule has 4 nitrogen and oxygen atoms in total. The molecule has 31 heavy (non-hydrogen) atoms. The number of amides is 1. The number of pyridine rings is 1. The van der Waals surface area contributed by atoms with Crippen molar-refractivity contribution in [1.29, 1.82) is 0 Å². The lowest BCUT2D eigenvalue weighted by Crippen LogP contribution is -2.43. The first-order valence-corrected chi connectivity index (χ1v) is 10.1. The lowest BCUT2D eigenvalue weighted by atomic mass is 9.94. The molecular formula is C24H22F3N3O. The monoisotopic (exact) mass is 425 g/mol. The highest BCUT2D eigenvalue weighted by Gasteiger charge is 2.30. The lowest BCUT2D eigenvalue weighted by Gasteiger charge is -2.31. The van der Waals surface area contributed by atoms with E-state index in [0.717, 1.165) is 35.2 Å². The highest BCUT2D eigenvalue weighted by atomic mass is 19.4. The van der Waals surface area contributed by atoms with Crippen molar-refractivity contribution >= 4 is 11.7 Å². The zero-order valence-corrected chi connectivity index (χ0v) is 17.0. The first-order chi connectivity index (χ1) is 14.8. The van der Waals surface area contributed by atoms with Gasteiger partial charge in [0.1, 0.15) is 11.9 Å². The van der Waals surface area contributed by atoms with E-state index in [9.17, 15) is 18.0 Å². The number of halogens is 3. The second-order valence-corrected chi connectivity index (χ2v) is 7.65. The summed E-state index contributed by atoms with van der Waals surface area (Å²) < 4.78 is 38.5. The number of alkyl halides is 3. The molecule has 0 bridgehead atoms. The summed E-state index contributed by atoms with van der Waals surface area (Å²) in [6, 6.07) is 16.1. The van der Waals surface area contributed by atoms with E-state index >= 15 is 0 Å². The minimum atomic E-state index is -4.35. The predicted molar refractivity (Wildman–Crippen MR) is 113 cm³/mol. The molecule has 1 aliphatic heterocycles. The number of carbonyl (C=O) groups excluding carboxylic acids is 1. The molecule has 1 aromatic heterocycles. The number of aromatic nitrogens is 1. The minimum Gasteiger partial charge on any atom is -0.359 e. The summed E-state index contributed by atoms with van der Waals surface area (Å²) in [5, 5.41) is 3.12. The molecule has 2 heterocycles. The predicted octanol–water partition coefficient (Wildman–Crippen LogP) is 5.15. The van der Waals surface area contributed by atoms with Gasteiger partial charge in [0.2, 0.25) is 5.91 Å². The zero-order chi connectivity index (χ0) is 22.0. The van der Waals surface area contributed by atoms with Gasteiger partial charge in [0.05, 0.1) is 5.56 Å². The smallest absolute Gasteiger partial charge is 0.359 e. The number of nitrogens with one attached hydrogen (secondary N) is 1. The topological polar surface area (TPSA) is 45.2 Å². The number of carbonyl (C=O) groups is 1. The fraction of sp³-hybridized carbons (Fsp3) is 0.250. The Morgan fingerprint density at radius 3 is 2.45 bits per heavy atom. The summed E-state index contributed by atoms with van der Waals surface area (Å²) in [4.78, 5) is 18.9. The largest absolute Gasteiger partial charge is 0.416 e. The molecular weight excluding hydrogens is 403 g/mol. The molecule has 4 rings (SSSR count). The van der Waals surface area contributed by atoms with E-state index in [-0.39, 0.29) is 5.91 Å². The number of rotatable bonds is 4. The van der Waals surface area contributed by atoms with Gasteiger partial charge < -0.3 is 10.2 Å². The molecule has 1 N–H and O–H groups in total. The Labute approximate surface area is 178 Å². The fourth-order valence-corrected chi connectivity index (χ4v) is 3.78. The van der Waals surface area contributed by atoms with E-state index in [1.165, 1.54) is 12.1 Å². The van der Waals surface area contributed by atoms with Crippen LogP contribution < -0.4 is 5.32 Å². The third kappa shape index (κ3) is 4.71. The fourth-order valence-electron chi connectivity index (χ4n) is 3.78. The summed E-state index contributed by atoms with van der Waals surface area (Å²) in [5.41, 5.74) is 3.05. The molecule has 1 aliphatic rings. The van der Waals surface area contributed by atoms with E-state index < -0.39 is 17.8 Å². The quantitative estimate of drug-likeness (QED) is 0.629. The average molecular weight is 425 g/mol. The second kappa shape index (κ2) is 8.41. The van der Waals surface area contributed by atoms with Crippen molar-refractivity contribution in [2.45, 2.75) is 32.1 Å². The van der Waals surface area contributed by atoms with Gasteiger partial charge in [-0.05, 0) is 65.9 Å². The normalized spacial score (nSPS) is 14.6. The van der Waals surface area contributed by atoms with E-state index in [0.29, 0.717) is 24.5 Å². The van der Waals surface area contributed by atoms with Crippen LogP contribution in [-0.2, 0) is 23.9 Å². The van der Waals surface area contributed by atoms with E-state index in [4.69, 9.17) is 0 Å². The van der Waals surface area contributed by atoms with Gasteiger partial charge in [-0.25, -0.2) is 4.98 Å². The van der Waals surface area contributed by atoms with Gasteiger partial charge >= 0.3 is 6.18 Å². The summed E-state index contributed by atoms with van der Waals surface area (Å²) in [6.07, 6.45) is -1.95. The highest BCUT2D eigenvalue weighted by molar-refractivity contribution is 5.84. The van der Waals surface area contributed by atoms with Gasteiger partial charge in [0, 0.05) is 19.3 Å². The van der Waals surface area contributed by atoms with Crippen LogP contribution in [0.4, 0.5) is 19.0 Å². The van der Waals surface area contributed by atoms with Crippen LogP contribution in [0.2, 0.25) is 0 Å². The average Bonchev–Trinajstić information content (AvgIpc) is 2.78. The standard InChI is InChI=1S/C24H22F3N3O/c1-16(29-22-4-2-3-12-28-22)23(31)30-13-11-18-5-6-19(14-20(18)15-30)17-7-9-21(10-8-17)24(25,26)27/h2-10,12,14,16H,11,13,15H2,1H3,(H,28,29)/t16-/m1/s1. The molecule has 0 saturated heterocycles. The van der Waals surface area contributed by atoms with Crippen molar-refractivity contribution < 1.29 is 18.0 Å². The molecule has 3 aromatic rings. The molecule has 160 valence electrons. The summed E-state index contributed by atoms with van der Waals surface area (Å²) in [6.45, 7) is 2.90. The van der Waals surface area contributed by atoms with Crippen molar-refractivity contribution in [3.63, 3.8) is 0 Å². The van der Waals surface area contributed by atoms with Gasteiger partial charge in [0.25, 0.3) is 0 Å². The Hall–Kier alpha value is -3.35. The maximum atomic E-state index is 12.9. The van der Waals surface area contributed by atoms with Crippen molar-refractivity contribution in [1.82, 2.24) is 9.88 Å². The number of nitrogens with zero attached hydrogens (tertiary/aromatic N) is 2. The highest BCUT2D eigenvalue weighted by Crippen LogP contribution is 2.32. The maximum Gasteiger partial charge on any atom is 0.416 e. The van der Waals surface area contributed by atoms with E-state index in [1.807, 2.05) is 43.3 Å². The zero-order valence-electron chi connectivity index (χ0n) is 17.0. The second-order valence-electron chi connectivity index (χ2n) is 7.65. The number of hydrogen-bond donors (Lipinski definition) is 1. The van der Waals surface area contributed by atoms with Gasteiger partial charge in [-0.15, -0.1) is 0 Å². The van der Waals surface area contributed by atoms with Crippen LogP contribution in [0, 0.1) is 0 Å². The minimum absolute atomic E-state index is 0.0174. The first kappa shape index (κ1) is 20.9. The Bertz CT molecular complexity index is 1070.